The third-order valence-corrected chi connectivity index (χ3v) is 5.40. The van der Waals surface area contributed by atoms with Crippen LogP contribution in [0.3, 0.4) is 0 Å². The minimum Gasteiger partial charge on any atom is -0.467 e. The van der Waals surface area contributed by atoms with Crippen molar-refractivity contribution >= 4 is 40.8 Å². The molecule has 1 amide bonds. The van der Waals surface area contributed by atoms with Gasteiger partial charge in [-0.15, -0.1) is 5.10 Å². The number of carbonyl (C=O) groups is 1. The van der Waals surface area contributed by atoms with Crippen molar-refractivity contribution in [1.29, 1.82) is 0 Å². The number of hydrogen-bond acceptors (Lipinski definition) is 7. The Morgan fingerprint density at radius 3 is 2.75 bits per heavy atom. The van der Waals surface area contributed by atoms with Crippen LogP contribution in [-0.2, 0) is 11.3 Å². The van der Waals surface area contributed by atoms with Gasteiger partial charge < -0.3 is 4.42 Å². The van der Waals surface area contributed by atoms with Crippen LogP contribution in [0.5, 0.6) is 0 Å². The Kier molecular flexibility index (Phi) is 6.22. The number of nitrogens with zero attached hydrogens (tertiary/aromatic N) is 4. The molecule has 2 aromatic carbocycles. The molecule has 1 fully saturated rings. The monoisotopic (exact) mass is 450 g/mol. The van der Waals surface area contributed by atoms with Crippen LogP contribution >= 0.6 is 11.8 Å². The number of thioether (sulfide) groups is 1. The first kappa shape index (κ1) is 21.2. The topological polar surface area (TPSA) is 101 Å². The van der Waals surface area contributed by atoms with Gasteiger partial charge in [-0.3, -0.25) is 19.8 Å². The highest BCUT2D eigenvalue weighted by Gasteiger charge is 2.34. The van der Waals surface area contributed by atoms with Crippen LogP contribution in [0.1, 0.15) is 16.9 Å². The predicted octanol–water partition coefficient (Wildman–Crippen LogP) is 4.83. The lowest BCUT2D eigenvalue weighted by Gasteiger charge is -2.12. The lowest BCUT2D eigenvalue weighted by Crippen LogP contribution is -2.28. The number of furan rings is 1. The van der Waals surface area contributed by atoms with E-state index in [1.54, 1.807) is 42.5 Å². The number of nitro groups is 1. The Labute approximate surface area is 185 Å². The van der Waals surface area contributed by atoms with Crippen molar-refractivity contribution in [3.8, 4) is 0 Å². The largest absolute Gasteiger partial charge is 0.467 e. The first-order chi connectivity index (χ1) is 15.5. The molecule has 1 aliphatic rings. The van der Waals surface area contributed by atoms with Crippen molar-refractivity contribution in [2.75, 3.05) is 0 Å². The molecule has 1 saturated heterocycles. The maximum Gasteiger partial charge on any atom is 0.270 e. The zero-order valence-corrected chi connectivity index (χ0v) is 17.2. The van der Waals surface area contributed by atoms with Crippen molar-refractivity contribution in [2.45, 2.75) is 6.54 Å². The molecule has 2 heterocycles. The zero-order chi connectivity index (χ0) is 22.5. The summed E-state index contributed by atoms with van der Waals surface area (Å²) in [5, 5.41) is 19.3. The summed E-state index contributed by atoms with van der Waals surface area (Å²) in [6.07, 6.45) is 4.31. The second-order valence-electron chi connectivity index (χ2n) is 6.58. The molecule has 8 nitrogen and oxygen atoms in total. The molecule has 0 saturated carbocycles. The molecular formula is C22H15FN4O4S. The summed E-state index contributed by atoms with van der Waals surface area (Å²) in [5.41, 5.74) is 0.696. The van der Waals surface area contributed by atoms with Gasteiger partial charge in [0.15, 0.2) is 5.17 Å². The van der Waals surface area contributed by atoms with E-state index in [1.165, 1.54) is 41.7 Å². The molecule has 0 atom stereocenters. The van der Waals surface area contributed by atoms with E-state index < -0.39 is 10.7 Å². The quantitative estimate of drug-likeness (QED) is 0.232. The van der Waals surface area contributed by atoms with E-state index in [0.29, 0.717) is 11.3 Å². The fraction of sp³-hybridized carbons (Fsp3) is 0.0455. The van der Waals surface area contributed by atoms with Gasteiger partial charge in [0, 0.05) is 23.3 Å². The molecule has 3 aromatic rings. The van der Waals surface area contributed by atoms with Crippen molar-refractivity contribution in [2.24, 2.45) is 10.2 Å². The minimum absolute atomic E-state index is 0.0680. The Hall–Kier alpha value is -4.05. The van der Waals surface area contributed by atoms with Crippen LogP contribution in [0.4, 0.5) is 10.1 Å². The average molecular weight is 450 g/mol. The summed E-state index contributed by atoms with van der Waals surface area (Å²) in [4.78, 5) is 25.1. The summed E-state index contributed by atoms with van der Waals surface area (Å²) < 4.78 is 19.4. The Balaban J connectivity index is 1.63. The second kappa shape index (κ2) is 9.40. The van der Waals surface area contributed by atoms with Crippen LogP contribution in [0.25, 0.3) is 6.08 Å². The van der Waals surface area contributed by atoms with Gasteiger partial charge in [-0.25, -0.2) is 4.39 Å². The van der Waals surface area contributed by atoms with Gasteiger partial charge in [-0.2, -0.15) is 5.10 Å². The molecule has 0 unspecified atom stereocenters. The van der Waals surface area contributed by atoms with Gasteiger partial charge in [0.2, 0.25) is 0 Å². The Bertz CT molecular complexity index is 1250. The van der Waals surface area contributed by atoms with Crippen LogP contribution in [-0.4, -0.2) is 27.1 Å². The summed E-state index contributed by atoms with van der Waals surface area (Å²) in [6.45, 7) is 0.124. The van der Waals surface area contributed by atoms with Crippen LogP contribution in [0.2, 0.25) is 0 Å². The van der Waals surface area contributed by atoms with Crippen molar-refractivity contribution in [1.82, 2.24) is 4.90 Å². The van der Waals surface area contributed by atoms with Gasteiger partial charge >= 0.3 is 0 Å². The Morgan fingerprint density at radius 1 is 1.16 bits per heavy atom. The average Bonchev–Trinajstić information content (AvgIpc) is 3.40. The van der Waals surface area contributed by atoms with E-state index in [-0.39, 0.29) is 33.8 Å². The number of carbonyl (C=O) groups excluding carboxylic acids is 1. The summed E-state index contributed by atoms with van der Waals surface area (Å²) >= 11 is 1.05. The van der Waals surface area contributed by atoms with Crippen molar-refractivity contribution in [3.63, 3.8) is 0 Å². The van der Waals surface area contributed by atoms with Gasteiger partial charge in [0.25, 0.3) is 11.6 Å². The highest BCUT2D eigenvalue weighted by atomic mass is 32.2. The lowest BCUT2D eigenvalue weighted by molar-refractivity contribution is -0.384. The van der Waals surface area contributed by atoms with E-state index in [2.05, 4.69) is 10.2 Å². The third-order valence-electron chi connectivity index (χ3n) is 4.41. The number of amides is 1. The van der Waals surface area contributed by atoms with E-state index in [1.807, 2.05) is 0 Å². The van der Waals surface area contributed by atoms with Crippen LogP contribution in [0.15, 0.2) is 86.5 Å². The van der Waals surface area contributed by atoms with E-state index in [9.17, 15) is 19.3 Å². The fourth-order valence-electron chi connectivity index (χ4n) is 2.88. The SMILES string of the molecule is O=C1/C(=C/c2ccccc2F)S/C(=N/N=C\c2cccc([N+](=O)[O-])c2)N1Cc1ccco1. The Morgan fingerprint density at radius 2 is 2.00 bits per heavy atom. The number of non-ortho nitro benzene ring substituents is 1. The second-order valence-corrected chi connectivity index (χ2v) is 7.59. The maximum atomic E-state index is 14.1. The smallest absolute Gasteiger partial charge is 0.270 e. The first-order valence-electron chi connectivity index (χ1n) is 9.35. The van der Waals surface area contributed by atoms with Gasteiger partial charge in [-0.1, -0.05) is 30.3 Å². The van der Waals surface area contributed by atoms with E-state index in [0.717, 1.165) is 11.8 Å². The van der Waals surface area contributed by atoms with Crippen LogP contribution < -0.4 is 0 Å². The van der Waals surface area contributed by atoms with Crippen molar-refractivity contribution < 1.29 is 18.5 Å². The first-order valence-corrected chi connectivity index (χ1v) is 10.2. The van der Waals surface area contributed by atoms with Crippen LogP contribution in [0, 0.1) is 15.9 Å². The molecule has 0 spiro atoms. The number of nitro benzene ring substituents is 1. The highest BCUT2D eigenvalue weighted by Crippen LogP contribution is 2.34. The molecule has 10 heteroatoms. The molecule has 0 aliphatic carbocycles. The molecule has 32 heavy (non-hydrogen) atoms. The number of rotatable bonds is 6. The van der Waals surface area contributed by atoms with E-state index in [4.69, 9.17) is 4.42 Å². The standard InChI is InChI=1S/C22H15FN4O4S/c23-19-9-2-1-6-16(19)12-20-21(28)26(14-18-8-4-10-31-18)22(32-20)25-24-13-15-5-3-7-17(11-15)27(29)30/h1-13H,14H2/b20-12-,24-13-,25-22+. The van der Waals surface area contributed by atoms with Gasteiger partial charge in [-0.05, 0) is 36.0 Å². The van der Waals surface area contributed by atoms with E-state index >= 15 is 0 Å². The minimum atomic E-state index is -0.500. The molecular weight excluding hydrogens is 435 g/mol. The van der Waals surface area contributed by atoms with Gasteiger partial charge in [0.1, 0.15) is 11.6 Å². The summed E-state index contributed by atoms with van der Waals surface area (Å²) in [5.74, 6) is -0.263. The molecule has 0 radical (unpaired) electrons. The maximum absolute atomic E-state index is 14.1. The zero-order valence-electron chi connectivity index (χ0n) is 16.4. The number of halogens is 1. The molecule has 1 aromatic heterocycles. The number of benzene rings is 2. The summed E-state index contributed by atoms with van der Waals surface area (Å²) in [7, 11) is 0. The highest BCUT2D eigenvalue weighted by molar-refractivity contribution is 8.18. The lowest BCUT2D eigenvalue weighted by atomic mass is 10.2. The van der Waals surface area contributed by atoms with Crippen molar-refractivity contribution in [3.05, 3.63) is 105 Å². The molecule has 0 bridgehead atoms. The molecule has 160 valence electrons. The third kappa shape index (κ3) is 4.81. The summed E-state index contributed by atoms with van der Waals surface area (Å²) in [6, 6.07) is 15.5. The number of amidine groups is 1. The normalized spacial score (nSPS) is 16.5. The molecule has 4 rings (SSSR count). The predicted molar refractivity (Wildman–Crippen MR) is 119 cm³/mol. The molecule has 1 aliphatic heterocycles. The van der Waals surface area contributed by atoms with Gasteiger partial charge in [0.05, 0.1) is 28.9 Å². The number of hydrogen-bond donors (Lipinski definition) is 0. The molecule has 0 N–H and O–H groups in total. The fourth-order valence-corrected chi connectivity index (χ4v) is 3.80.